The van der Waals surface area contributed by atoms with Gasteiger partial charge in [0.1, 0.15) is 0 Å². The highest BCUT2D eigenvalue weighted by Crippen LogP contribution is 2.28. The third kappa shape index (κ3) is 6.43. The van der Waals surface area contributed by atoms with E-state index in [1.54, 1.807) is 7.11 Å². The van der Waals surface area contributed by atoms with Gasteiger partial charge in [0.05, 0.1) is 13.7 Å². The molecule has 1 fully saturated rings. The number of carbonyl (C=O) groups excluding carboxylic acids is 2. The van der Waals surface area contributed by atoms with Crippen molar-refractivity contribution in [3.05, 3.63) is 23.8 Å². The third-order valence-electron chi connectivity index (χ3n) is 4.82. The van der Waals surface area contributed by atoms with Crippen LogP contribution in [0.4, 0.5) is 0 Å². The van der Waals surface area contributed by atoms with Gasteiger partial charge < -0.3 is 19.3 Å². The van der Waals surface area contributed by atoms with Gasteiger partial charge in [-0.05, 0) is 36.5 Å². The first-order chi connectivity index (χ1) is 13.2. The Kier molecular flexibility index (Phi) is 7.72. The first-order valence-corrected chi connectivity index (χ1v) is 10.1. The van der Waals surface area contributed by atoms with Crippen LogP contribution < -0.4 is 9.47 Å². The fourth-order valence-electron chi connectivity index (χ4n) is 3.32. The molecule has 0 aromatic heterocycles. The molecular formula is C22H34N2O4. The number of ether oxygens (including phenoxy) is 2. The molecule has 0 aliphatic carbocycles. The van der Waals surface area contributed by atoms with E-state index >= 15 is 0 Å². The molecule has 1 aliphatic heterocycles. The van der Waals surface area contributed by atoms with Crippen molar-refractivity contribution in [2.45, 2.75) is 47.0 Å². The summed E-state index contributed by atoms with van der Waals surface area (Å²) in [5.74, 6) is 1.73. The number of rotatable bonds is 7. The van der Waals surface area contributed by atoms with E-state index in [-0.39, 0.29) is 17.2 Å². The van der Waals surface area contributed by atoms with E-state index in [9.17, 15) is 9.59 Å². The van der Waals surface area contributed by atoms with Gasteiger partial charge in [0.2, 0.25) is 11.8 Å². The van der Waals surface area contributed by atoms with Gasteiger partial charge in [0.15, 0.2) is 11.5 Å². The standard InChI is InChI=1S/C22H34N2O4/c1-6-28-18-9-7-17(15-19(18)27-5)8-10-20(25)23-11-13-24(14-12-23)21(26)16-22(2,3)4/h7,9,15H,6,8,10-14,16H2,1-5H3. The molecule has 0 saturated carbocycles. The maximum Gasteiger partial charge on any atom is 0.223 e. The number of hydrogen-bond donors (Lipinski definition) is 0. The van der Waals surface area contributed by atoms with Crippen molar-refractivity contribution in [3.8, 4) is 11.5 Å². The van der Waals surface area contributed by atoms with Crippen molar-refractivity contribution in [3.63, 3.8) is 0 Å². The van der Waals surface area contributed by atoms with E-state index in [0.717, 1.165) is 11.3 Å². The molecule has 6 nitrogen and oxygen atoms in total. The molecule has 1 aromatic carbocycles. The Bertz CT molecular complexity index is 674. The highest BCUT2D eigenvalue weighted by Gasteiger charge is 2.26. The summed E-state index contributed by atoms with van der Waals surface area (Å²) >= 11 is 0. The molecule has 1 saturated heterocycles. The maximum absolute atomic E-state index is 12.6. The van der Waals surface area contributed by atoms with Crippen molar-refractivity contribution in [2.24, 2.45) is 5.41 Å². The van der Waals surface area contributed by atoms with Gasteiger partial charge in [-0.15, -0.1) is 0 Å². The summed E-state index contributed by atoms with van der Waals surface area (Å²) in [5.41, 5.74) is 1.04. The van der Waals surface area contributed by atoms with Gasteiger partial charge in [0.25, 0.3) is 0 Å². The van der Waals surface area contributed by atoms with E-state index in [2.05, 4.69) is 20.8 Å². The summed E-state index contributed by atoms with van der Waals surface area (Å²) in [4.78, 5) is 28.7. The van der Waals surface area contributed by atoms with Crippen LogP contribution in [0.1, 0.15) is 46.1 Å². The van der Waals surface area contributed by atoms with E-state index < -0.39 is 0 Å². The largest absolute Gasteiger partial charge is 0.493 e. The van der Waals surface area contributed by atoms with Gasteiger partial charge in [-0.25, -0.2) is 0 Å². The van der Waals surface area contributed by atoms with Crippen LogP contribution in [0.25, 0.3) is 0 Å². The first kappa shape index (κ1) is 22.1. The lowest BCUT2D eigenvalue weighted by molar-refractivity contribution is -0.140. The molecule has 0 spiro atoms. The van der Waals surface area contributed by atoms with Crippen LogP contribution in [-0.4, -0.2) is 61.5 Å². The van der Waals surface area contributed by atoms with Crippen molar-refractivity contribution in [1.82, 2.24) is 9.80 Å². The fourth-order valence-corrected chi connectivity index (χ4v) is 3.32. The zero-order chi connectivity index (χ0) is 20.7. The van der Waals surface area contributed by atoms with Crippen LogP contribution in [0, 0.1) is 5.41 Å². The Balaban J connectivity index is 1.82. The summed E-state index contributed by atoms with van der Waals surface area (Å²) in [7, 11) is 1.62. The lowest BCUT2D eigenvalue weighted by Crippen LogP contribution is -2.51. The molecule has 28 heavy (non-hydrogen) atoms. The molecule has 1 heterocycles. The van der Waals surface area contributed by atoms with Crippen molar-refractivity contribution < 1.29 is 19.1 Å². The molecule has 0 bridgehead atoms. The normalized spacial score (nSPS) is 14.8. The van der Waals surface area contributed by atoms with Gasteiger partial charge in [-0.3, -0.25) is 9.59 Å². The Hall–Kier alpha value is -2.24. The number of carbonyl (C=O) groups is 2. The zero-order valence-electron chi connectivity index (χ0n) is 17.9. The van der Waals surface area contributed by atoms with Crippen molar-refractivity contribution >= 4 is 11.8 Å². The van der Waals surface area contributed by atoms with Crippen molar-refractivity contribution in [1.29, 1.82) is 0 Å². The molecule has 1 aromatic rings. The smallest absolute Gasteiger partial charge is 0.223 e. The number of nitrogens with zero attached hydrogens (tertiary/aromatic N) is 2. The molecule has 0 unspecified atom stereocenters. The highest BCUT2D eigenvalue weighted by atomic mass is 16.5. The van der Waals surface area contributed by atoms with Crippen LogP contribution in [0.2, 0.25) is 0 Å². The fraction of sp³-hybridized carbons (Fsp3) is 0.636. The molecule has 6 heteroatoms. The topological polar surface area (TPSA) is 59.1 Å². The van der Waals surface area contributed by atoms with Gasteiger partial charge >= 0.3 is 0 Å². The second kappa shape index (κ2) is 9.80. The second-order valence-electron chi connectivity index (χ2n) is 8.42. The Morgan fingerprint density at radius 3 is 2.14 bits per heavy atom. The molecule has 0 radical (unpaired) electrons. The van der Waals surface area contributed by atoms with E-state index in [1.165, 1.54) is 0 Å². The van der Waals surface area contributed by atoms with E-state index in [1.807, 2.05) is 34.9 Å². The number of aryl methyl sites for hydroxylation is 1. The van der Waals surface area contributed by atoms with Gasteiger partial charge in [-0.1, -0.05) is 26.8 Å². The molecule has 0 N–H and O–H groups in total. The first-order valence-electron chi connectivity index (χ1n) is 10.1. The molecule has 2 amide bonds. The minimum atomic E-state index is -0.0111. The summed E-state index contributed by atoms with van der Waals surface area (Å²) in [6.07, 6.45) is 1.65. The van der Waals surface area contributed by atoms with E-state index in [4.69, 9.17) is 9.47 Å². The van der Waals surface area contributed by atoms with Crippen LogP contribution in [0.5, 0.6) is 11.5 Å². The average molecular weight is 391 g/mol. The Labute approximate surface area is 168 Å². The molecular weight excluding hydrogens is 356 g/mol. The summed E-state index contributed by atoms with van der Waals surface area (Å²) in [6, 6.07) is 5.80. The number of amides is 2. The maximum atomic E-state index is 12.6. The predicted molar refractivity (Wildman–Crippen MR) is 110 cm³/mol. The third-order valence-corrected chi connectivity index (χ3v) is 4.82. The lowest BCUT2D eigenvalue weighted by Gasteiger charge is -2.36. The number of benzene rings is 1. The second-order valence-corrected chi connectivity index (χ2v) is 8.42. The Morgan fingerprint density at radius 2 is 1.61 bits per heavy atom. The lowest BCUT2D eigenvalue weighted by atomic mass is 9.91. The number of methoxy groups -OCH3 is 1. The van der Waals surface area contributed by atoms with Crippen molar-refractivity contribution in [2.75, 3.05) is 39.9 Å². The Morgan fingerprint density at radius 1 is 1.00 bits per heavy atom. The van der Waals surface area contributed by atoms with Crippen LogP contribution in [-0.2, 0) is 16.0 Å². The monoisotopic (exact) mass is 390 g/mol. The van der Waals surface area contributed by atoms with Gasteiger partial charge in [0, 0.05) is 39.0 Å². The number of piperazine rings is 1. The molecule has 0 atom stereocenters. The average Bonchev–Trinajstić information content (AvgIpc) is 2.66. The van der Waals surface area contributed by atoms with Crippen LogP contribution >= 0.6 is 0 Å². The molecule has 156 valence electrons. The summed E-state index contributed by atoms with van der Waals surface area (Å²) < 4.78 is 10.9. The summed E-state index contributed by atoms with van der Waals surface area (Å²) in [6.45, 7) is 11.2. The minimum Gasteiger partial charge on any atom is -0.493 e. The van der Waals surface area contributed by atoms with Crippen LogP contribution in [0.3, 0.4) is 0 Å². The summed E-state index contributed by atoms with van der Waals surface area (Å²) in [5, 5.41) is 0. The molecule has 1 aliphatic rings. The van der Waals surface area contributed by atoms with E-state index in [0.29, 0.717) is 57.8 Å². The zero-order valence-corrected chi connectivity index (χ0v) is 17.9. The number of hydrogen-bond acceptors (Lipinski definition) is 4. The van der Waals surface area contributed by atoms with Gasteiger partial charge in [-0.2, -0.15) is 0 Å². The minimum absolute atomic E-state index is 0.0111. The molecule has 2 rings (SSSR count). The SMILES string of the molecule is CCOc1ccc(CCC(=O)N2CCN(C(=O)CC(C)(C)C)CC2)cc1OC. The quantitative estimate of drug-likeness (QED) is 0.718. The van der Waals surface area contributed by atoms with Crippen LogP contribution in [0.15, 0.2) is 18.2 Å². The highest BCUT2D eigenvalue weighted by molar-refractivity contribution is 5.79. The predicted octanol–water partition coefficient (Wildman–Crippen LogP) is 3.13.